The lowest BCUT2D eigenvalue weighted by atomic mass is 10.0. The molecule has 0 aliphatic carbocycles. The van der Waals surface area contributed by atoms with Gasteiger partial charge in [0.15, 0.2) is 5.78 Å². The van der Waals surface area contributed by atoms with Gasteiger partial charge in [-0.15, -0.1) is 0 Å². The monoisotopic (exact) mass is 1200 g/mol. The van der Waals surface area contributed by atoms with E-state index >= 15 is 0 Å². The number of carboxylic acids is 2. The van der Waals surface area contributed by atoms with Crippen molar-refractivity contribution < 1.29 is 58.2 Å². The van der Waals surface area contributed by atoms with Crippen molar-refractivity contribution in [2.24, 2.45) is 22.9 Å². The number of nitrogens with zero attached hydrogens (tertiary/aromatic N) is 6. The van der Waals surface area contributed by atoms with Crippen molar-refractivity contribution in [2.75, 3.05) is 83.9 Å². The molecule has 0 bridgehead atoms. The van der Waals surface area contributed by atoms with Crippen molar-refractivity contribution in [3.63, 3.8) is 0 Å². The summed E-state index contributed by atoms with van der Waals surface area (Å²) in [6, 6.07) is 14.7. The molecule has 2 heterocycles. The third kappa shape index (κ3) is 28.0. The largest absolute Gasteiger partial charge is 0.481 e. The number of aryl methyl sites for hydroxylation is 1. The van der Waals surface area contributed by atoms with Crippen LogP contribution in [0.5, 0.6) is 0 Å². The average Bonchev–Trinajstić information content (AvgIpc) is 3.62. The number of nitrogens with two attached hydrogens (primary N) is 4. The molecular weight excluding hydrogens is 1120 g/mol. The molecule has 0 spiro atoms. The summed E-state index contributed by atoms with van der Waals surface area (Å²) in [5, 5.41) is 29.7. The number of unbranched alkanes of at least 4 members (excludes halogenated alkanes) is 3. The predicted molar refractivity (Wildman–Crippen MR) is 321 cm³/mol. The number of hydrogen-bond donors (Lipinski definition) is 10. The molecule has 1 aromatic heterocycles. The minimum atomic E-state index is -1.31. The number of aliphatic carboxylic acids is 2. The van der Waals surface area contributed by atoms with Crippen LogP contribution in [-0.4, -0.2) is 201 Å². The van der Waals surface area contributed by atoms with Gasteiger partial charge in [-0.25, -0.2) is 9.59 Å². The molecule has 4 rings (SSSR count). The highest BCUT2D eigenvalue weighted by molar-refractivity contribution is 7.80. The number of rotatable bonds is 34. The minimum absolute atomic E-state index is 0.0173. The molecule has 1 saturated heterocycles. The normalized spacial score (nSPS) is 15.4. The Morgan fingerprint density at radius 1 is 0.647 bits per heavy atom. The smallest absolute Gasteiger partial charge is 0.326 e. The van der Waals surface area contributed by atoms with Crippen molar-refractivity contribution in [3.8, 4) is 0 Å². The summed E-state index contributed by atoms with van der Waals surface area (Å²) < 4.78 is 0. The molecule has 2 aromatic carbocycles. The summed E-state index contributed by atoms with van der Waals surface area (Å²) >= 11 is 5.67. The first-order valence-corrected chi connectivity index (χ1v) is 28.8. The van der Waals surface area contributed by atoms with E-state index in [2.05, 4.69) is 26.3 Å². The first-order valence-electron chi connectivity index (χ1n) is 28.4. The van der Waals surface area contributed by atoms with Gasteiger partial charge in [0.1, 0.15) is 6.04 Å². The predicted octanol–water partition coefficient (Wildman–Crippen LogP) is 0.858. The van der Waals surface area contributed by atoms with Crippen molar-refractivity contribution in [1.82, 2.24) is 45.4 Å². The Hall–Kier alpha value is -7.98. The standard InChI is InChI=1S/C58H84N14O12S/c1-39-11-12-43(32-63-39)33-72(23-7-6-8-48(57(82)83)67-58(84)66-47(40(2)73)21-22-55(79)80)56(81)44-17-13-42(14-18-44)31-64-53(78)9-4-3-5-10-54(85)65-45-19-15-41(16-20-45)30-46-34-70(37-51(61)76)27-26-68(35-49(59)74)24-25-69(36-50(60)75)28-29-71(46)38-52(62)77/h11-20,32,46-48H,3-10,21-31,33-38H2,1-2H3,(H2,59,74)(H2,60,75)(H2,61,76)(H2,62,77)(H,64,78)(H,65,85)(H,79,80)(H,82,83)(H2,66,67,84)/t46?,47-,48-/m1/s1. The second-order valence-electron chi connectivity index (χ2n) is 21.4. The number of carbonyl (C=O) groups is 10. The van der Waals surface area contributed by atoms with E-state index in [9.17, 15) is 53.1 Å². The van der Waals surface area contributed by atoms with Gasteiger partial charge in [0.25, 0.3) is 5.91 Å². The van der Waals surface area contributed by atoms with Gasteiger partial charge in [-0.3, -0.25) is 62.9 Å². The number of Topliss-reactive ketones (excluding diaryl/α,β-unsaturated/α-hetero) is 1. The van der Waals surface area contributed by atoms with Crippen LogP contribution in [0.15, 0.2) is 66.9 Å². The number of amides is 8. The molecule has 1 fully saturated rings. The van der Waals surface area contributed by atoms with Crippen LogP contribution in [0.1, 0.15) is 104 Å². The Morgan fingerprint density at radius 3 is 1.79 bits per heavy atom. The molecule has 27 heteroatoms. The number of primary amides is 4. The Kier molecular flexibility index (Phi) is 30.0. The number of carbonyl (C=O) groups excluding carboxylic acids is 8. The van der Waals surface area contributed by atoms with E-state index in [1.54, 1.807) is 35.4 Å². The molecule has 1 unspecified atom stereocenters. The van der Waals surface area contributed by atoms with Gasteiger partial charge in [0.2, 0.25) is 29.5 Å². The van der Waals surface area contributed by atoms with Crippen LogP contribution in [-0.2, 0) is 57.9 Å². The van der Waals surface area contributed by atoms with E-state index in [0.717, 1.165) is 40.9 Å². The van der Waals surface area contributed by atoms with E-state index in [1.165, 1.54) is 6.92 Å². The quantitative estimate of drug-likeness (QED) is 0.0293. The van der Waals surface area contributed by atoms with Crippen LogP contribution in [0.4, 0.5) is 10.5 Å². The molecule has 0 saturated carbocycles. The first kappa shape index (κ1) is 69.5. The molecule has 1 aliphatic rings. The van der Waals surface area contributed by atoms with Crippen LogP contribution < -0.4 is 44.2 Å². The van der Waals surface area contributed by atoms with Gasteiger partial charge >= 0.3 is 18.0 Å². The number of aromatic nitrogens is 1. The van der Waals surface area contributed by atoms with Gasteiger partial charge in [0.05, 0.1) is 37.2 Å². The van der Waals surface area contributed by atoms with Crippen LogP contribution in [0.2, 0.25) is 0 Å². The number of benzene rings is 2. The maximum atomic E-state index is 13.9. The van der Waals surface area contributed by atoms with E-state index < -0.39 is 59.5 Å². The molecule has 14 N–H and O–H groups in total. The number of pyridine rings is 1. The lowest BCUT2D eigenvalue weighted by molar-refractivity contribution is -0.139. The van der Waals surface area contributed by atoms with Crippen molar-refractivity contribution in [1.29, 1.82) is 0 Å². The van der Waals surface area contributed by atoms with Crippen LogP contribution in [0.25, 0.3) is 0 Å². The lowest BCUT2D eigenvalue weighted by Crippen LogP contribution is -2.54. The fraction of sp³-hybridized carbons (Fsp3) is 0.517. The summed E-state index contributed by atoms with van der Waals surface area (Å²) in [6.07, 6.45) is 5.41. The Bertz CT molecular complexity index is 2740. The Morgan fingerprint density at radius 2 is 1.21 bits per heavy atom. The number of nitrogens with one attached hydrogen (secondary N) is 4. The summed E-state index contributed by atoms with van der Waals surface area (Å²) in [7, 11) is 0. The highest BCUT2D eigenvalue weighted by Crippen LogP contribution is 2.19. The highest BCUT2D eigenvalue weighted by atomic mass is 32.1. The summed E-state index contributed by atoms with van der Waals surface area (Å²) in [5.74, 6) is -5.41. The fourth-order valence-electron chi connectivity index (χ4n) is 9.65. The second kappa shape index (κ2) is 36.7. The second-order valence-corrected chi connectivity index (χ2v) is 21.9. The molecule has 3 aromatic rings. The topological polar surface area (TPSA) is 392 Å². The van der Waals surface area contributed by atoms with Crippen molar-refractivity contribution in [3.05, 3.63) is 94.8 Å². The van der Waals surface area contributed by atoms with Crippen molar-refractivity contribution in [2.45, 2.75) is 116 Å². The summed E-state index contributed by atoms with van der Waals surface area (Å²) in [6.45, 7) is 6.22. The zero-order valence-corrected chi connectivity index (χ0v) is 49.5. The van der Waals surface area contributed by atoms with E-state index in [4.69, 9.17) is 40.3 Å². The number of ketones is 1. The summed E-state index contributed by atoms with van der Waals surface area (Å²) in [4.78, 5) is 137. The zero-order valence-electron chi connectivity index (χ0n) is 48.6. The lowest BCUT2D eigenvalue weighted by Gasteiger charge is -2.38. The molecule has 85 heavy (non-hydrogen) atoms. The molecule has 0 radical (unpaired) electrons. The average molecular weight is 1200 g/mol. The van der Waals surface area contributed by atoms with Crippen LogP contribution in [0, 0.1) is 6.92 Å². The van der Waals surface area contributed by atoms with E-state index in [0.29, 0.717) is 94.9 Å². The number of thiocarbonyl (C=S) groups is 1. The number of carboxylic acid groups (broad SMARTS) is 2. The molecular formula is C58H84N14O12S. The van der Waals surface area contributed by atoms with Gasteiger partial charge < -0.3 is 59.3 Å². The molecule has 464 valence electrons. The zero-order chi connectivity index (χ0) is 62.4. The van der Waals surface area contributed by atoms with Gasteiger partial charge in [0, 0.05) is 107 Å². The Balaban J connectivity index is 1.25. The van der Waals surface area contributed by atoms with E-state index in [1.807, 2.05) is 62.9 Å². The number of anilines is 1. The Labute approximate surface area is 501 Å². The van der Waals surface area contributed by atoms with E-state index in [-0.39, 0.29) is 82.9 Å². The SMILES string of the molecule is CC(=O)[C@@H](CCC(=O)O)NC(=O)N[C@H](CCCCN(Cc1ccc(C)nc1)C(=O)c1ccc(CNC(=O)CCCCCC(=S)Nc2ccc(CC3CN(CC(N)=O)CCN(CC(N)=O)CCN(CC(N)=O)CCN3CC(N)=O)cc2)cc1)C(=O)O. The maximum Gasteiger partial charge on any atom is 0.326 e. The van der Waals surface area contributed by atoms with Crippen LogP contribution >= 0.6 is 12.2 Å². The minimum Gasteiger partial charge on any atom is -0.481 e. The van der Waals surface area contributed by atoms with Gasteiger partial charge in [-0.2, -0.15) is 0 Å². The molecule has 1 aliphatic heterocycles. The maximum absolute atomic E-state index is 13.9. The molecule has 8 amide bonds. The highest BCUT2D eigenvalue weighted by Gasteiger charge is 2.28. The summed E-state index contributed by atoms with van der Waals surface area (Å²) in [5.41, 5.74) is 27.1. The third-order valence-electron chi connectivity index (χ3n) is 14.2. The third-order valence-corrected chi connectivity index (χ3v) is 14.5. The molecule has 26 nitrogen and oxygen atoms in total. The first-order chi connectivity index (χ1) is 40.4. The number of urea groups is 1. The van der Waals surface area contributed by atoms with Crippen LogP contribution in [0.3, 0.4) is 0 Å². The van der Waals surface area contributed by atoms with Gasteiger partial charge in [-0.1, -0.05) is 49.0 Å². The molecule has 3 atom stereocenters. The number of hydrogen-bond acceptors (Lipinski definition) is 16. The fourth-order valence-corrected chi connectivity index (χ4v) is 9.91. The van der Waals surface area contributed by atoms with Gasteiger partial charge in [-0.05, 0) is 112 Å². The van der Waals surface area contributed by atoms with Crippen molar-refractivity contribution >= 4 is 82.1 Å².